The number of carbonyl (C=O) groups is 1. The van der Waals surface area contributed by atoms with Gasteiger partial charge in [-0.1, -0.05) is 58.7 Å². The van der Waals surface area contributed by atoms with E-state index in [1.54, 1.807) is 0 Å². The molecule has 36 heavy (non-hydrogen) atoms. The molecule has 0 aliphatic rings. The zero-order chi connectivity index (χ0) is 25.9. The Balaban J connectivity index is 1.27. The minimum atomic E-state index is -0.231. The molecule has 0 unspecified atom stereocenters. The predicted octanol–water partition coefficient (Wildman–Crippen LogP) is 7.35. The number of aryl methyl sites for hydroxylation is 4. The summed E-state index contributed by atoms with van der Waals surface area (Å²) in [7, 11) is 2.16. The minimum Gasteiger partial charge on any atom is -0.494 e. The number of carbonyl (C=O) groups excluding carboxylic acids is 1. The van der Waals surface area contributed by atoms with Gasteiger partial charge in [0.05, 0.1) is 18.8 Å². The van der Waals surface area contributed by atoms with Crippen molar-refractivity contribution in [2.45, 2.75) is 66.5 Å². The smallest absolute Gasteiger partial charge is 0.338 e. The fourth-order valence-corrected chi connectivity index (χ4v) is 4.62. The van der Waals surface area contributed by atoms with Gasteiger partial charge in [0.1, 0.15) is 5.75 Å². The summed E-state index contributed by atoms with van der Waals surface area (Å²) in [6.07, 6.45) is 3.95. The molecule has 0 saturated carbocycles. The molecule has 4 heteroatoms. The number of rotatable bonds is 13. The number of hydrogen-bond donors (Lipinski definition) is 0. The fraction of sp³-hybridized carbons (Fsp3) is 0.406. The molecule has 0 saturated heterocycles. The molecule has 3 aromatic rings. The van der Waals surface area contributed by atoms with Gasteiger partial charge in [-0.25, -0.2) is 4.79 Å². The Bertz CT molecular complexity index is 1080. The topological polar surface area (TPSA) is 38.8 Å². The molecule has 0 heterocycles. The molecule has 4 nitrogen and oxygen atoms in total. The van der Waals surface area contributed by atoms with Crippen LogP contribution in [0.5, 0.6) is 5.75 Å². The van der Waals surface area contributed by atoms with Crippen molar-refractivity contribution in [3.8, 4) is 5.75 Å². The zero-order valence-electron chi connectivity index (χ0n) is 22.6. The molecular weight excluding hydrogens is 446 g/mol. The van der Waals surface area contributed by atoms with Gasteiger partial charge in [-0.05, 0) is 95.8 Å². The van der Waals surface area contributed by atoms with E-state index in [1.807, 2.05) is 26.0 Å². The van der Waals surface area contributed by atoms with Crippen LogP contribution in [0.3, 0.4) is 0 Å². The molecule has 0 radical (unpaired) electrons. The zero-order valence-corrected chi connectivity index (χ0v) is 22.6. The summed E-state index contributed by atoms with van der Waals surface area (Å²) < 4.78 is 11.3. The number of esters is 1. The number of ether oxygens (including phenoxy) is 2. The van der Waals surface area contributed by atoms with Crippen LogP contribution in [0.25, 0.3) is 0 Å². The van der Waals surface area contributed by atoms with Gasteiger partial charge in [-0.2, -0.15) is 0 Å². The highest BCUT2D eigenvalue weighted by atomic mass is 16.5. The lowest BCUT2D eigenvalue weighted by atomic mass is 10.1. The molecule has 0 spiro atoms. The first-order chi connectivity index (χ1) is 17.3. The first-order valence-corrected chi connectivity index (χ1v) is 13.0. The van der Waals surface area contributed by atoms with E-state index in [0.29, 0.717) is 18.8 Å². The quantitative estimate of drug-likeness (QED) is 0.187. The standard InChI is InChI=1S/C32H41NO3/c1-24-16-25(2)19-29(18-24)23-33(5)22-28-10-12-31(13-11-28)35-14-8-6-7-9-15-36-32(34)30-20-26(3)17-27(4)21-30/h10-13,16-21H,6-9,14-15,22-23H2,1-5H3. The predicted molar refractivity (Wildman–Crippen MR) is 148 cm³/mol. The Morgan fingerprint density at radius 1 is 0.667 bits per heavy atom. The van der Waals surface area contributed by atoms with E-state index in [2.05, 4.69) is 74.3 Å². The second kappa shape index (κ2) is 13.8. The van der Waals surface area contributed by atoms with Crippen molar-refractivity contribution in [2.75, 3.05) is 20.3 Å². The lowest BCUT2D eigenvalue weighted by Gasteiger charge is -2.18. The van der Waals surface area contributed by atoms with E-state index in [9.17, 15) is 4.79 Å². The van der Waals surface area contributed by atoms with Crippen LogP contribution in [-0.4, -0.2) is 31.1 Å². The van der Waals surface area contributed by atoms with Gasteiger partial charge in [0, 0.05) is 13.1 Å². The number of benzene rings is 3. The van der Waals surface area contributed by atoms with Crippen molar-refractivity contribution >= 4 is 5.97 Å². The van der Waals surface area contributed by atoms with E-state index >= 15 is 0 Å². The fourth-order valence-electron chi connectivity index (χ4n) is 4.62. The van der Waals surface area contributed by atoms with Crippen LogP contribution < -0.4 is 4.74 Å². The largest absolute Gasteiger partial charge is 0.494 e. The third-order valence-corrected chi connectivity index (χ3v) is 6.11. The summed E-state index contributed by atoms with van der Waals surface area (Å²) in [5, 5.41) is 0. The van der Waals surface area contributed by atoms with Crippen molar-refractivity contribution in [1.29, 1.82) is 0 Å². The Morgan fingerprint density at radius 3 is 1.81 bits per heavy atom. The van der Waals surface area contributed by atoms with Gasteiger partial charge < -0.3 is 9.47 Å². The van der Waals surface area contributed by atoms with Crippen LogP contribution in [0.1, 0.15) is 69.4 Å². The SMILES string of the molecule is Cc1cc(C)cc(CN(C)Cc2ccc(OCCCCCCOC(=O)c3cc(C)cc(C)c3)cc2)c1. The minimum absolute atomic E-state index is 0.231. The van der Waals surface area contributed by atoms with Crippen LogP contribution in [0.4, 0.5) is 0 Å². The Hall–Kier alpha value is -3.11. The molecule has 0 amide bonds. The average Bonchev–Trinajstić information content (AvgIpc) is 2.80. The summed E-state index contributed by atoms with van der Waals surface area (Å²) in [5.41, 5.74) is 8.07. The van der Waals surface area contributed by atoms with Gasteiger partial charge in [0.15, 0.2) is 0 Å². The lowest BCUT2D eigenvalue weighted by Crippen LogP contribution is -2.17. The van der Waals surface area contributed by atoms with Crippen molar-refractivity contribution in [3.05, 3.63) is 99.6 Å². The molecule has 3 aromatic carbocycles. The molecule has 3 rings (SSSR count). The van der Waals surface area contributed by atoms with E-state index in [-0.39, 0.29) is 5.97 Å². The van der Waals surface area contributed by atoms with E-state index in [0.717, 1.165) is 55.6 Å². The molecule has 0 aliphatic heterocycles. The molecule has 0 aliphatic carbocycles. The maximum atomic E-state index is 12.2. The van der Waals surface area contributed by atoms with Gasteiger partial charge in [0.2, 0.25) is 0 Å². The number of hydrogen-bond acceptors (Lipinski definition) is 4. The molecular formula is C32H41NO3. The Kier molecular flexibility index (Phi) is 10.6. The van der Waals surface area contributed by atoms with Crippen molar-refractivity contribution in [2.24, 2.45) is 0 Å². The van der Waals surface area contributed by atoms with Crippen LogP contribution in [0, 0.1) is 27.7 Å². The third-order valence-electron chi connectivity index (χ3n) is 6.11. The monoisotopic (exact) mass is 487 g/mol. The average molecular weight is 488 g/mol. The second-order valence-electron chi connectivity index (χ2n) is 10.1. The molecule has 0 N–H and O–H groups in total. The maximum absolute atomic E-state index is 12.2. The molecule has 0 bridgehead atoms. The van der Waals surface area contributed by atoms with Gasteiger partial charge in [-0.15, -0.1) is 0 Å². The molecule has 0 atom stereocenters. The summed E-state index contributed by atoms with van der Waals surface area (Å²) in [6, 6.07) is 21.0. The number of nitrogens with zero attached hydrogens (tertiary/aromatic N) is 1. The molecule has 0 fully saturated rings. The van der Waals surface area contributed by atoms with E-state index in [1.165, 1.54) is 22.3 Å². The van der Waals surface area contributed by atoms with E-state index in [4.69, 9.17) is 9.47 Å². The van der Waals surface area contributed by atoms with Crippen molar-refractivity contribution in [1.82, 2.24) is 4.90 Å². The van der Waals surface area contributed by atoms with Crippen molar-refractivity contribution in [3.63, 3.8) is 0 Å². The van der Waals surface area contributed by atoms with Gasteiger partial charge in [-0.3, -0.25) is 4.90 Å². The van der Waals surface area contributed by atoms with Gasteiger partial charge >= 0.3 is 5.97 Å². The highest BCUT2D eigenvalue weighted by Gasteiger charge is 2.08. The Labute approximate surface area is 217 Å². The van der Waals surface area contributed by atoms with Crippen LogP contribution in [0.15, 0.2) is 60.7 Å². The molecule has 192 valence electrons. The summed E-state index contributed by atoms with van der Waals surface area (Å²) >= 11 is 0. The van der Waals surface area contributed by atoms with E-state index < -0.39 is 0 Å². The highest BCUT2D eigenvalue weighted by Crippen LogP contribution is 2.16. The summed E-state index contributed by atoms with van der Waals surface area (Å²) in [5.74, 6) is 0.683. The Morgan fingerprint density at radius 2 is 1.19 bits per heavy atom. The van der Waals surface area contributed by atoms with Crippen LogP contribution in [-0.2, 0) is 17.8 Å². The molecule has 0 aromatic heterocycles. The second-order valence-corrected chi connectivity index (χ2v) is 10.1. The van der Waals surface area contributed by atoms with Crippen LogP contribution in [0.2, 0.25) is 0 Å². The highest BCUT2D eigenvalue weighted by molar-refractivity contribution is 5.89. The lowest BCUT2D eigenvalue weighted by molar-refractivity contribution is 0.0497. The normalized spacial score (nSPS) is 11.1. The third kappa shape index (κ3) is 9.50. The maximum Gasteiger partial charge on any atom is 0.338 e. The van der Waals surface area contributed by atoms with Crippen LogP contribution >= 0.6 is 0 Å². The first-order valence-electron chi connectivity index (χ1n) is 13.0. The number of unbranched alkanes of at least 4 members (excludes halogenated alkanes) is 3. The van der Waals surface area contributed by atoms with Gasteiger partial charge in [0.25, 0.3) is 0 Å². The summed E-state index contributed by atoms with van der Waals surface area (Å²) in [6.45, 7) is 11.3. The summed E-state index contributed by atoms with van der Waals surface area (Å²) in [4.78, 5) is 14.5. The van der Waals surface area contributed by atoms with Crippen molar-refractivity contribution < 1.29 is 14.3 Å². The first kappa shape index (κ1) is 27.5.